The van der Waals surface area contributed by atoms with Crippen LogP contribution < -0.4 is 4.74 Å². The number of aryl methyl sites for hydroxylation is 1. The number of aromatic nitrogens is 2. The zero-order chi connectivity index (χ0) is 12.1. The van der Waals surface area contributed by atoms with Crippen LogP contribution in [0.2, 0.25) is 0 Å². The van der Waals surface area contributed by atoms with Gasteiger partial charge in [0.1, 0.15) is 0 Å². The van der Waals surface area contributed by atoms with Crippen molar-refractivity contribution in [3.8, 4) is 6.01 Å². The predicted molar refractivity (Wildman–Crippen MR) is 68.4 cm³/mol. The summed E-state index contributed by atoms with van der Waals surface area (Å²) in [5.74, 6) is 1.13. The number of nitrogens with zero attached hydrogens (tertiary/aromatic N) is 2. The Labute approximate surface area is 108 Å². The van der Waals surface area contributed by atoms with Crippen molar-refractivity contribution in [2.24, 2.45) is 5.92 Å². The Kier molecular flexibility index (Phi) is 4.60. The number of hydrogen-bond acceptors (Lipinski definition) is 3. The largest absolute Gasteiger partial charge is 0.463 e. The van der Waals surface area contributed by atoms with Gasteiger partial charge in [-0.15, -0.1) is 11.6 Å². The number of ether oxygens (including phenoxy) is 1. The highest BCUT2D eigenvalue weighted by molar-refractivity contribution is 6.17. The molecule has 1 fully saturated rings. The van der Waals surface area contributed by atoms with Gasteiger partial charge >= 0.3 is 6.01 Å². The molecule has 0 radical (unpaired) electrons. The predicted octanol–water partition coefficient (Wildman–Crippen LogP) is 3.48. The van der Waals surface area contributed by atoms with E-state index in [1.807, 2.05) is 6.92 Å². The third-order valence-electron chi connectivity index (χ3n) is 3.38. The fourth-order valence-corrected chi connectivity index (χ4v) is 2.48. The first-order chi connectivity index (χ1) is 8.29. The quantitative estimate of drug-likeness (QED) is 0.772. The monoisotopic (exact) mass is 254 g/mol. The molecule has 0 atom stereocenters. The molecule has 0 aliphatic heterocycles. The number of halogens is 1. The fraction of sp³-hybridized carbons (Fsp3) is 0.692. The summed E-state index contributed by atoms with van der Waals surface area (Å²) in [6.45, 7) is 2.69. The summed E-state index contributed by atoms with van der Waals surface area (Å²) in [7, 11) is 0. The number of alkyl halides is 1. The van der Waals surface area contributed by atoms with E-state index in [1.165, 1.54) is 32.1 Å². The van der Waals surface area contributed by atoms with Crippen LogP contribution in [0.4, 0.5) is 0 Å². The van der Waals surface area contributed by atoms with E-state index < -0.39 is 0 Å². The Morgan fingerprint density at radius 1 is 1.35 bits per heavy atom. The highest BCUT2D eigenvalue weighted by Gasteiger charge is 2.14. The third-order valence-corrected chi connectivity index (χ3v) is 3.66. The number of hydrogen-bond donors (Lipinski definition) is 0. The van der Waals surface area contributed by atoms with Gasteiger partial charge in [-0.05, 0) is 25.7 Å². The molecule has 1 saturated carbocycles. The van der Waals surface area contributed by atoms with Gasteiger partial charge in [-0.1, -0.05) is 19.3 Å². The maximum atomic E-state index is 5.76. The van der Waals surface area contributed by atoms with Crippen LogP contribution in [0, 0.1) is 12.8 Å². The molecule has 0 amide bonds. The van der Waals surface area contributed by atoms with Crippen LogP contribution in [0.15, 0.2) is 6.20 Å². The molecule has 1 aliphatic carbocycles. The highest BCUT2D eigenvalue weighted by Crippen LogP contribution is 2.24. The molecule has 1 aromatic rings. The van der Waals surface area contributed by atoms with Gasteiger partial charge < -0.3 is 4.74 Å². The van der Waals surface area contributed by atoms with Crippen LogP contribution in [-0.4, -0.2) is 16.6 Å². The zero-order valence-electron chi connectivity index (χ0n) is 10.3. The summed E-state index contributed by atoms with van der Waals surface area (Å²) in [5, 5.41) is 0. The summed E-state index contributed by atoms with van der Waals surface area (Å²) >= 11 is 5.76. The highest BCUT2D eigenvalue weighted by atomic mass is 35.5. The molecule has 1 heterocycles. The Morgan fingerprint density at radius 2 is 2.12 bits per heavy atom. The second-order valence-electron chi connectivity index (χ2n) is 4.71. The van der Waals surface area contributed by atoms with Crippen molar-refractivity contribution < 1.29 is 4.74 Å². The summed E-state index contributed by atoms with van der Waals surface area (Å²) in [6, 6.07) is 0.488. The van der Waals surface area contributed by atoms with Crippen LogP contribution in [0.5, 0.6) is 6.01 Å². The summed E-state index contributed by atoms with van der Waals surface area (Å²) in [4.78, 5) is 8.49. The molecule has 0 saturated heterocycles. The van der Waals surface area contributed by atoms with E-state index >= 15 is 0 Å². The zero-order valence-corrected chi connectivity index (χ0v) is 11.0. The van der Waals surface area contributed by atoms with Crippen LogP contribution in [0.3, 0.4) is 0 Å². The topological polar surface area (TPSA) is 35.0 Å². The van der Waals surface area contributed by atoms with Gasteiger partial charge in [0.2, 0.25) is 0 Å². The molecular formula is C13H19ClN2O. The van der Waals surface area contributed by atoms with E-state index in [4.69, 9.17) is 16.3 Å². The maximum absolute atomic E-state index is 5.76. The van der Waals surface area contributed by atoms with Gasteiger partial charge in [-0.25, -0.2) is 9.97 Å². The lowest BCUT2D eigenvalue weighted by atomic mass is 9.90. The van der Waals surface area contributed by atoms with Crippen LogP contribution in [-0.2, 0) is 5.88 Å². The van der Waals surface area contributed by atoms with Crippen molar-refractivity contribution >= 4 is 11.6 Å². The molecule has 0 spiro atoms. The Morgan fingerprint density at radius 3 is 2.76 bits per heavy atom. The van der Waals surface area contributed by atoms with Crippen LogP contribution >= 0.6 is 11.6 Å². The van der Waals surface area contributed by atoms with Crippen LogP contribution in [0.25, 0.3) is 0 Å². The first kappa shape index (κ1) is 12.6. The molecule has 4 heteroatoms. The van der Waals surface area contributed by atoms with Crippen molar-refractivity contribution in [2.45, 2.75) is 44.9 Å². The summed E-state index contributed by atoms with van der Waals surface area (Å²) < 4.78 is 5.66. The lowest BCUT2D eigenvalue weighted by Crippen LogP contribution is -2.16. The summed E-state index contributed by atoms with van der Waals surface area (Å²) in [5.41, 5.74) is 1.88. The van der Waals surface area contributed by atoms with E-state index in [1.54, 1.807) is 6.20 Å². The van der Waals surface area contributed by atoms with Crippen molar-refractivity contribution in [2.75, 3.05) is 6.61 Å². The average molecular weight is 255 g/mol. The van der Waals surface area contributed by atoms with Crippen molar-refractivity contribution in [1.82, 2.24) is 9.97 Å². The second kappa shape index (κ2) is 6.20. The molecule has 1 aromatic heterocycles. The molecule has 0 bridgehead atoms. The molecule has 0 N–H and O–H groups in total. The molecule has 2 rings (SSSR count). The normalized spacial score (nSPS) is 17.1. The van der Waals surface area contributed by atoms with Gasteiger partial charge in [0.05, 0.1) is 12.5 Å². The fourth-order valence-electron chi connectivity index (χ4n) is 2.22. The smallest absolute Gasteiger partial charge is 0.316 e. The molecule has 0 unspecified atom stereocenters. The van der Waals surface area contributed by atoms with Crippen molar-refractivity contribution in [3.63, 3.8) is 0 Å². The Bertz CT molecular complexity index is 364. The standard InChI is InChI=1S/C13H19ClN2O/c1-10-12(7-14)8-15-13(16-10)17-9-11-5-3-2-4-6-11/h8,11H,2-7,9H2,1H3. The Balaban J connectivity index is 1.87. The van der Waals surface area contributed by atoms with Gasteiger partial charge in [0.25, 0.3) is 0 Å². The van der Waals surface area contributed by atoms with Crippen molar-refractivity contribution in [1.29, 1.82) is 0 Å². The Hall–Kier alpha value is -0.830. The van der Waals surface area contributed by atoms with E-state index in [0.717, 1.165) is 17.9 Å². The molecule has 1 aliphatic rings. The minimum Gasteiger partial charge on any atom is -0.463 e. The van der Waals surface area contributed by atoms with Gasteiger partial charge in [-0.2, -0.15) is 0 Å². The molecule has 0 aromatic carbocycles. The van der Waals surface area contributed by atoms with Gasteiger partial charge in [-0.3, -0.25) is 0 Å². The SMILES string of the molecule is Cc1nc(OCC2CCCCC2)ncc1CCl. The first-order valence-corrected chi connectivity index (χ1v) is 6.84. The van der Waals surface area contributed by atoms with Crippen LogP contribution in [0.1, 0.15) is 43.4 Å². The molecule has 94 valence electrons. The molecule has 17 heavy (non-hydrogen) atoms. The van der Waals surface area contributed by atoms with E-state index in [9.17, 15) is 0 Å². The first-order valence-electron chi connectivity index (χ1n) is 6.31. The van der Waals surface area contributed by atoms with E-state index in [2.05, 4.69) is 9.97 Å². The van der Waals surface area contributed by atoms with Gasteiger partial charge in [0, 0.05) is 17.5 Å². The minimum atomic E-state index is 0.453. The van der Waals surface area contributed by atoms with Gasteiger partial charge in [0.15, 0.2) is 0 Å². The molecular weight excluding hydrogens is 236 g/mol. The number of rotatable bonds is 4. The van der Waals surface area contributed by atoms with E-state index in [-0.39, 0.29) is 0 Å². The van der Waals surface area contributed by atoms with Crippen molar-refractivity contribution in [3.05, 3.63) is 17.5 Å². The minimum absolute atomic E-state index is 0.453. The average Bonchev–Trinajstić information content (AvgIpc) is 2.38. The van der Waals surface area contributed by atoms with E-state index in [0.29, 0.717) is 17.8 Å². The lowest BCUT2D eigenvalue weighted by molar-refractivity contribution is 0.196. The molecule has 3 nitrogen and oxygen atoms in total. The summed E-state index contributed by atoms with van der Waals surface area (Å²) in [6.07, 6.45) is 8.34. The second-order valence-corrected chi connectivity index (χ2v) is 4.98. The lowest BCUT2D eigenvalue weighted by Gasteiger charge is -2.21. The third kappa shape index (κ3) is 3.56. The maximum Gasteiger partial charge on any atom is 0.316 e.